The van der Waals surface area contributed by atoms with Gasteiger partial charge in [-0.05, 0) is 43.0 Å². The maximum absolute atomic E-state index is 13.2. The molecule has 1 aromatic rings. The predicted octanol–water partition coefficient (Wildman–Crippen LogP) is 1.94. The van der Waals surface area contributed by atoms with Crippen LogP contribution in [0.2, 0.25) is 0 Å². The van der Waals surface area contributed by atoms with Crippen molar-refractivity contribution in [2.75, 3.05) is 13.2 Å². The van der Waals surface area contributed by atoms with Crippen LogP contribution in [0.3, 0.4) is 0 Å². The van der Waals surface area contributed by atoms with Crippen LogP contribution in [0.25, 0.3) is 0 Å². The topological polar surface area (TPSA) is 41.5 Å². The summed E-state index contributed by atoms with van der Waals surface area (Å²) >= 11 is 0. The molecule has 1 aliphatic carbocycles. The molecule has 19 heavy (non-hydrogen) atoms. The van der Waals surface area contributed by atoms with Gasteiger partial charge in [0.05, 0.1) is 6.10 Å². The number of benzene rings is 1. The van der Waals surface area contributed by atoms with Crippen LogP contribution in [0.15, 0.2) is 18.2 Å². The van der Waals surface area contributed by atoms with E-state index >= 15 is 0 Å². The van der Waals surface area contributed by atoms with E-state index in [1.165, 1.54) is 6.07 Å². The predicted molar refractivity (Wildman–Crippen MR) is 70.4 cm³/mol. The van der Waals surface area contributed by atoms with Crippen LogP contribution < -0.4 is 5.32 Å². The molecule has 104 valence electrons. The minimum atomic E-state index is -0.775. The molecule has 1 aliphatic heterocycles. The average molecular weight is 265 g/mol. The first-order valence-electron chi connectivity index (χ1n) is 6.94. The lowest BCUT2D eigenvalue weighted by Crippen LogP contribution is -2.46. The molecule has 3 rings (SSSR count). The van der Waals surface area contributed by atoms with E-state index in [1.54, 1.807) is 6.07 Å². The summed E-state index contributed by atoms with van der Waals surface area (Å²) in [5, 5.41) is 13.9. The fraction of sp³-hybridized carbons (Fsp3) is 0.600. The van der Waals surface area contributed by atoms with Crippen LogP contribution >= 0.6 is 0 Å². The molecule has 3 unspecified atom stereocenters. The van der Waals surface area contributed by atoms with Crippen LogP contribution in [0, 0.1) is 5.82 Å². The molecule has 0 amide bonds. The number of hydrogen-bond acceptors (Lipinski definition) is 3. The Morgan fingerprint density at radius 3 is 3.11 bits per heavy atom. The first-order chi connectivity index (χ1) is 9.08. The summed E-state index contributed by atoms with van der Waals surface area (Å²) in [6.07, 6.45) is 2.40. The van der Waals surface area contributed by atoms with Crippen molar-refractivity contribution < 1.29 is 14.2 Å². The van der Waals surface area contributed by atoms with Crippen LogP contribution in [0.5, 0.6) is 0 Å². The zero-order valence-corrected chi connectivity index (χ0v) is 11.2. The molecule has 1 fully saturated rings. The monoisotopic (exact) mass is 265 g/mol. The maximum Gasteiger partial charge on any atom is 0.123 e. The minimum Gasteiger partial charge on any atom is -0.386 e. The van der Waals surface area contributed by atoms with Gasteiger partial charge in [0.2, 0.25) is 0 Å². The van der Waals surface area contributed by atoms with E-state index in [-0.39, 0.29) is 18.0 Å². The van der Waals surface area contributed by atoms with Crippen molar-refractivity contribution in [2.24, 2.45) is 0 Å². The van der Waals surface area contributed by atoms with Gasteiger partial charge < -0.3 is 15.2 Å². The molecule has 2 aliphatic rings. The SMILES string of the molecule is CC1OCCC1(O)CNC1CCc2cc(F)ccc21. The molecule has 3 atom stereocenters. The van der Waals surface area contributed by atoms with E-state index in [1.807, 2.05) is 13.0 Å². The second-order valence-corrected chi connectivity index (χ2v) is 5.68. The van der Waals surface area contributed by atoms with Crippen molar-refractivity contribution in [1.29, 1.82) is 0 Å². The van der Waals surface area contributed by atoms with E-state index < -0.39 is 5.60 Å². The fourth-order valence-electron chi connectivity index (χ4n) is 3.10. The third kappa shape index (κ3) is 2.40. The molecule has 0 spiro atoms. The number of aryl methyl sites for hydroxylation is 1. The molecule has 2 N–H and O–H groups in total. The lowest BCUT2D eigenvalue weighted by Gasteiger charge is -2.28. The smallest absolute Gasteiger partial charge is 0.123 e. The third-order valence-corrected chi connectivity index (χ3v) is 4.50. The Morgan fingerprint density at radius 2 is 2.37 bits per heavy atom. The summed E-state index contributed by atoms with van der Waals surface area (Å²) in [6, 6.07) is 5.20. The molecule has 0 saturated carbocycles. The van der Waals surface area contributed by atoms with Crippen LogP contribution in [-0.4, -0.2) is 30.0 Å². The van der Waals surface area contributed by atoms with Gasteiger partial charge in [0, 0.05) is 25.6 Å². The summed E-state index contributed by atoms with van der Waals surface area (Å²) < 4.78 is 18.6. The van der Waals surface area contributed by atoms with Gasteiger partial charge in [-0.1, -0.05) is 6.07 Å². The van der Waals surface area contributed by atoms with E-state index in [0.29, 0.717) is 19.6 Å². The highest BCUT2D eigenvalue weighted by Gasteiger charge is 2.40. The second-order valence-electron chi connectivity index (χ2n) is 5.68. The molecule has 0 aromatic heterocycles. The Balaban J connectivity index is 1.67. The number of fused-ring (bicyclic) bond motifs is 1. The lowest BCUT2D eigenvalue weighted by molar-refractivity contribution is -0.0276. The number of aliphatic hydroxyl groups is 1. The number of hydrogen-bond donors (Lipinski definition) is 2. The van der Waals surface area contributed by atoms with Crippen LogP contribution in [0.1, 0.15) is 36.9 Å². The maximum atomic E-state index is 13.2. The van der Waals surface area contributed by atoms with Gasteiger partial charge in [0.15, 0.2) is 0 Å². The Hall–Kier alpha value is -0.970. The normalized spacial score (nSPS) is 33.6. The number of ether oxygens (including phenoxy) is 1. The van der Waals surface area contributed by atoms with Gasteiger partial charge in [-0.3, -0.25) is 0 Å². The van der Waals surface area contributed by atoms with Crippen LogP contribution in [0.4, 0.5) is 4.39 Å². The fourth-order valence-corrected chi connectivity index (χ4v) is 3.10. The average Bonchev–Trinajstić information content (AvgIpc) is 2.92. The number of halogens is 1. The van der Waals surface area contributed by atoms with Gasteiger partial charge in [-0.15, -0.1) is 0 Å². The Kier molecular flexibility index (Phi) is 3.33. The van der Waals surface area contributed by atoms with Crippen molar-refractivity contribution in [2.45, 2.75) is 43.9 Å². The molecular formula is C15H20FNO2. The van der Waals surface area contributed by atoms with Crippen molar-refractivity contribution in [1.82, 2.24) is 5.32 Å². The van der Waals surface area contributed by atoms with Gasteiger partial charge in [0.1, 0.15) is 11.4 Å². The number of rotatable bonds is 3. The quantitative estimate of drug-likeness (QED) is 0.877. The largest absolute Gasteiger partial charge is 0.386 e. The minimum absolute atomic E-state index is 0.130. The summed E-state index contributed by atoms with van der Waals surface area (Å²) in [7, 11) is 0. The zero-order chi connectivity index (χ0) is 13.5. The summed E-state index contributed by atoms with van der Waals surface area (Å²) in [5.74, 6) is -0.171. The van der Waals surface area contributed by atoms with Crippen molar-refractivity contribution in [3.8, 4) is 0 Å². The molecule has 1 saturated heterocycles. The Labute approximate surface area is 112 Å². The summed E-state index contributed by atoms with van der Waals surface area (Å²) in [5.41, 5.74) is 1.47. The molecule has 0 bridgehead atoms. The lowest BCUT2D eigenvalue weighted by atomic mass is 9.96. The van der Waals surface area contributed by atoms with Crippen molar-refractivity contribution >= 4 is 0 Å². The van der Waals surface area contributed by atoms with Crippen LogP contribution in [-0.2, 0) is 11.2 Å². The van der Waals surface area contributed by atoms with E-state index in [4.69, 9.17) is 4.74 Å². The first-order valence-corrected chi connectivity index (χ1v) is 6.94. The highest BCUT2D eigenvalue weighted by molar-refractivity contribution is 5.35. The van der Waals surface area contributed by atoms with E-state index in [2.05, 4.69) is 5.32 Å². The number of nitrogens with one attached hydrogen (secondary N) is 1. The molecule has 1 aromatic carbocycles. The van der Waals surface area contributed by atoms with Gasteiger partial charge in [-0.2, -0.15) is 0 Å². The molecule has 4 heteroatoms. The van der Waals surface area contributed by atoms with Gasteiger partial charge in [0.25, 0.3) is 0 Å². The Morgan fingerprint density at radius 1 is 1.53 bits per heavy atom. The molecule has 1 heterocycles. The van der Waals surface area contributed by atoms with Gasteiger partial charge in [-0.25, -0.2) is 4.39 Å². The third-order valence-electron chi connectivity index (χ3n) is 4.50. The second kappa shape index (κ2) is 4.85. The van der Waals surface area contributed by atoms with E-state index in [0.717, 1.165) is 24.0 Å². The molecule has 0 radical (unpaired) electrons. The van der Waals surface area contributed by atoms with Gasteiger partial charge >= 0.3 is 0 Å². The van der Waals surface area contributed by atoms with Crippen molar-refractivity contribution in [3.05, 3.63) is 35.1 Å². The van der Waals surface area contributed by atoms with Crippen molar-refractivity contribution in [3.63, 3.8) is 0 Å². The summed E-state index contributed by atoms with van der Waals surface area (Å²) in [4.78, 5) is 0. The highest BCUT2D eigenvalue weighted by atomic mass is 19.1. The highest BCUT2D eigenvalue weighted by Crippen LogP contribution is 2.33. The van der Waals surface area contributed by atoms with E-state index in [9.17, 15) is 9.50 Å². The first kappa shape index (κ1) is 13.0. The zero-order valence-electron chi connectivity index (χ0n) is 11.2. The Bertz CT molecular complexity index is 479. The standard InChI is InChI=1S/C15H20FNO2/c1-10-15(18,6-7-19-10)9-17-14-5-2-11-8-12(16)3-4-13(11)14/h3-4,8,10,14,17-18H,2,5-7,9H2,1H3. The molecular weight excluding hydrogens is 245 g/mol. The molecule has 3 nitrogen and oxygen atoms in total. The summed E-state index contributed by atoms with van der Waals surface area (Å²) in [6.45, 7) is 3.05.